The molecule has 1 aliphatic heterocycles. The summed E-state index contributed by atoms with van der Waals surface area (Å²) in [6.45, 7) is -0.536. The molecule has 1 amide bonds. The van der Waals surface area contributed by atoms with Crippen LogP contribution in [0.3, 0.4) is 0 Å². The SMILES string of the molecule is O=C1CN(CF)C=N1. The monoisotopic (exact) mass is 116 g/mol. The third kappa shape index (κ3) is 0.828. The van der Waals surface area contributed by atoms with Crippen molar-refractivity contribution in [1.82, 2.24) is 4.90 Å². The van der Waals surface area contributed by atoms with Crippen molar-refractivity contribution >= 4 is 12.2 Å². The van der Waals surface area contributed by atoms with E-state index >= 15 is 0 Å². The van der Waals surface area contributed by atoms with Crippen molar-refractivity contribution in [3.05, 3.63) is 0 Å². The van der Waals surface area contributed by atoms with Crippen molar-refractivity contribution in [3.8, 4) is 0 Å². The zero-order valence-corrected chi connectivity index (χ0v) is 4.17. The number of nitrogens with zero attached hydrogens (tertiary/aromatic N) is 2. The second-order valence-corrected chi connectivity index (χ2v) is 1.50. The van der Waals surface area contributed by atoms with Gasteiger partial charge in [-0.05, 0) is 0 Å². The second kappa shape index (κ2) is 1.90. The quantitative estimate of drug-likeness (QED) is 0.444. The molecule has 0 atom stereocenters. The third-order valence-electron chi connectivity index (χ3n) is 0.857. The first kappa shape index (κ1) is 5.21. The number of rotatable bonds is 1. The van der Waals surface area contributed by atoms with Gasteiger partial charge in [0.1, 0.15) is 6.54 Å². The molecule has 8 heavy (non-hydrogen) atoms. The molecule has 3 nitrogen and oxygen atoms in total. The van der Waals surface area contributed by atoms with E-state index < -0.39 is 6.80 Å². The maximum absolute atomic E-state index is 11.6. The van der Waals surface area contributed by atoms with Gasteiger partial charge in [0.25, 0.3) is 5.91 Å². The Labute approximate surface area is 45.8 Å². The van der Waals surface area contributed by atoms with E-state index in [4.69, 9.17) is 0 Å². The van der Waals surface area contributed by atoms with E-state index in [0.29, 0.717) is 0 Å². The maximum atomic E-state index is 11.6. The van der Waals surface area contributed by atoms with Crippen molar-refractivity contribution in [3.63, 3.8) is 0 Å². The third-order valence-corrected chi connectivity index (χ3v) is 0.857. The van der Waals surface area contributed by atoms with Gasteiger partial charge in [-0.15, -0.1) is 0 Å². The highest BCUT2D eigenvalue weighted by atomic mass is 19.1. The van der Waals surface area contributed by atoms with E-state index in [-0.39, 0.29) is 12.5 Å². The fourth-order valence-corrected chi connectivity index (χ4v) is 0.475. The number of amides is 1. The fraction of sp³-hybridized carbons (Fsp3) is 0.500. The van der Waals surface area contributed by atoms with Crippen LogP contribution in [0.25, 0.3) is 0 Å². The summed E-state index contributed by atoms with van der Waals surface area (Å²) in [4.78, 5) is 14.7. The zero-order valence-electron chi connectivity index (χ0n) is 4.17. The number of hydrogen-bond donors (Lipinski definition) is 0. The lowest BCUT2D eigenvalue weighted by molar-refractivity contribution is -0.117. The molecule has 0 aromatic rings. The molecule has 0 spiro atoms. The molecule has 1 rings (SSSR count). The van der Waals surface area contributed by atoms with Crippen LogP contribution in [-0.2, 0) is 4.79 Å². The minimum atomic E-state index is -0.630. The average Bonchev–Trinajstić information content (AvgIpc) is 2.14. The molecule has 1 heterocycles. The van der Waals surface area contributed by atoms with Gasteiger partial charge < -0.3 is 4.90 Å². The Bertz CT molecular complexity index is 134. The van der Waals surface area contributed by atoms with Gasteiger partial charge in [0, 0.05) is 0 Å². The molecule has 1 aliphatic rings. The van der Waals surface area contributed by atoms with Crippen LogP contribution in [0.2, 0.25) is 0 Å². The largest absolute Gasteiger partial charge is 0.326 e. The predicted octanol–water partition coefficient (Wildman–Crippen LogP) is -0.216. The normalized spacial score (nSPS) is 18.1. The van der Waals surface area contributed by atoms with Crippen LogP contribution >= 0.6 is 0 Å². The molecular weight excluding hydrogens is 111 g/mol. The molecule has 0 unspecified atom stereocenters. The van der Waals surface area contributed by atoms with Crippen LogP contribution in [-0.4, -0.2) is 30.5 Å². The van der Waals surface area contributed by atoms with Gasteiger partial charge in [0.2, 0.25) is 0 Å². The van der Waals surface area contributed by atoms with Gasteiger partial charge in [-0.3, -0.25) is 4.79 Å². The molecule has 0 aliphatic carbocycles. The fourth-order valence-electron chi connectivity index (χ4n) is 0.475. The van der Waals surface area contributed by atoms with Crippen molar-refractivity contribution in [2.45, 2.75) is 0 Å². The topological polar surface area (TPSA) is 32.7 Å². The first-order chi connectivity index (χ1) is 3.83. The molecule has 0 N–H and O–H groups in total. The summed E-state index contributed by atoms with van der Waals surface area (Å²) in [5, 5.41) is 0. The minimum absolute atomic E-state index is 0.0937. The van der Waals surface area contributed by atoms with Crippen LogP contribution in [0, 0.1) is 0 Å². The van der Waals surface area contributed by atoms with Gasteiger partial charge in [-0.2, -0.15) is 0 Å². The predicted molar refractivity (Wildman–Crippen MR) is 26.2 cm³/mol. The van der Waals surface area contributed by atoms with E-state index in [1.165, 1.54) is 11.2 Å². The number of aliphatic imine (C=N–C) groups is 1. The van der Waals surface area contributed by atoms with Crippen LogP contribution in [0.15, 0.2) is 4.99 Å². The summed E-state index contributed by atoms with van der Waals surface area (Å²) in [5.74, 6) is -0.275. The molecule has 0 saturated heterocycles. The van der Waals surface area contributed by atoms with Crippen LogP contribution in [0.4, 0.5) is 4.39 Å². The number of halogens is 1. The molecule has 44 valence electrons. The standard InChI is InChI=1S/C4H5FN2O/c5-2-7-1-4(8)6-3-7/h3H,1-2H2. The number of carbonyl (C=O) groups excluding carboxylic acids is 1. The molecule has 0 bridgehead atoms. The van der Waals surface area contributed by atoms with E-state index in [1.807, 2.05) is 0 Å². The van der Waals surface area contributed by atoms with E-state index in [9.17, 15) is 9.18 Å². The lowest BCUT2D eigenvalue weighted by atomic mass is 10.6. The summed E-state index contributed by atoms with van der Waals surface area (Å²) in [6.07, 6.45) is 1.21. The summed E-state index contributed by atoms with van der Waals surface area (Å²) in [6, 6.07) is 0. The van der Waals surface area contributed by atoms with Gasteiger partial charge >= 0.3 is 0 Å². The molecule has 0 radical (unpaired) electrons. The number of hydrogen-bond acceptors (Lipinski definition) is 2. The highest BCUT2D eigenvalue weighted by Gasteiger charge is 2.11. The van der Waals surface area contributed by atoms with Crippen molar-refractivity contribution < 1.29 is 9.18 Å². The van der Waals surface area contributed by atoms with Crippen molar-refractivity contribution in [1.29, 1.82) is 0 Å². The lowest BCUT2D eigenvalue weighted by Gasteiger charge is -2.02. The second-order valence-electron chi connectivity index (χ2n) is 1.50. The number of carbonyl (C=O) groups is 1. The van der Waals surface area contributed by atoms with E-state index in [2.05, 4.69) is 4.99 Å². The first-order valence-electron chi connectivity index (χ1n) is 2.20. The van der Waals surface area contributed by atoms with E-state index in [0.717, 1.165) is 0 Å². The Balaban J connectivity index is 2.46. The Kier molecular flexibility index (Phi) is 1.24. The summed E-state index contributed by atoms with van der Waals surface area (Å²) in [5.41, 5.74) is 0. The Morgan fingerprint density at radius 2 is 2.75 bits per heavy atom. The highest BCUT2D eigenvalue weighted by molar-refractivity contribution is 5.91. The molecule has 0 fully saturated rings. The number of alkyl halides is 1. The first-order valence-corrected chi connectivity index (χ1v) is 2.20. The Morgan fingerprint density at radius 1 is 2.00 bits per heavy atom. The van der Waals surface area contributed by atoms with Crippen LogP contribution in [0.5, 0.6) is 0 Å². The smallest absolute Gasteiger partial charge is 0.266 e. The van der Waals surface area contributed by atoms with Gasteiger partial charge in [0.05, 0.1) is 6.34 Å². The lowest BCUT2D eigenvalue weighted by Crippen LogP contribution is -2.19. The highest BCUT2D eigenvalue weighted by Crippen LogP contribution is 1.93. The van der Waals surface area contributed by atoms with E-state index in [1.54, 1.807) is 0 Å². The summed E-state index contributed by atoms with van der Waals surface area (Å²) >= 11 is 0. The van der Waals surface area contributed by atoms with Crippen molar-refractivity contribution in [2.75, 3.05) is 13.3 Å². The van der Waals surface area contributed by atoms with Gasteiger partial charge in [0.15, 0.2) is 6.80 Å². The summed E-state index contributed by atoms with van der Waals surface area (Å²) < 4.78 is 11.6. The van der Waals surface area contributed by atoms with Crippen molar-refractivity contribution in [2.24, 2.45) is 4.99 Å². The minimum Gasteiger partial charge on any atom is -0.326 e. The van der Waals surface area contributed by atoms with Gasteiger partial charge in [-0.1, -0.05) is 0 Å². The molecule has 0 aromatic carbocycles. The Morgan fingerprint density at radius 3 is 3.00 bits per heavy atom. The molecule has 0 saturated carbocycles. The molecule has 0 aromatic heterocycles. The zero-order chi connectivity index (χ0) is 5.98. The average molecular weight is 116 g/mol. The van der Waals surface area contributed by atoms with Crippen LogP contribution in [0.1, 0.15) is 0 Å². The molecule has 4 heteroatoms. The maximum Gasteiger partial charge on any atom is 0.266 e. The molecular formula is C4H5FN2O. The van der Waals surface area contributed by atoms with Gasteiger partial charge in [-0.25, -0.2) is 9.38 Å². The Hall–Kier alpha value is -0.930. The summed E-state index contributed by atoms with van der Waals surface area (Å²) in [7, 11) is 0. The van der Waals surface area contributed by atoms with Crippen LogP contribution < -0.4 is 0 Å².